The molecule has 0 fully saturated rings. The highest BCUT2D eigenvalue weighted by atomic mass is 32.2. The standard InChI is InChI=1S/C21H24N4O4S/c1-4-19-23-24-21(29-19)16-7-11-17(12-8-16)22-20(26)15-9-13-18(14-10-15)30(27,28)25(5-2)6-3/h7-14H,4-6H2,1-3H3,(H,22,26). The summed E-state index contributed by atoms with van der Waals surface area (Å²) in [5.74, 6) is 0.657. The number of benzene rings is 2. The zero-order valence-corrected chi connectivity index (χ0v) is 17.9. The van der Waals surface area contributed by atoms with Crippen LogP contribution in [-0.4, -0.2) is 41.9 Å². The van der Waals surface area contributed by atoms with Crippen molar-refractivity contribution in [1.29, 1.82) is 0 Å². The molecule has 30 heavy (non-hydrogen) atoms. The highest BCUT2D eigenvalue weighted by Gasteiger charge is 2.21. The van der Waals surface area contributed by atoms with E-state index in [0.29, 0.717) is 42.5 Å². The first-order valence-corrected chi connectivity index (χ1v) is 11.2. The van der Waals surface area contributed by atoms with Gasteiger partial charge in [0.05, 0.1) is 4.90 Å². The molecule has 0 unspecified atom stereocenters. The first-order chi connectivity index (χ1) is 14.4. The number of amides is 1. The number of nitrogens with one attached hydrogen (secondary N) is 1. The third-order valence-electron chi connectivity index (χ3n) is 4.62. The van der Waals surface area contributed by atoms with E-state index in [1.807, 2.05) is 6.92 Å². The predicted octanol–water partition coefficient (Wildman–Crippen LogP) is 3.58. The summed E-state index contributed by atoms with van der Waals surface area (Å²) >= 11 is 0. The lowest BCUT2D eigenvalue weighted by Gasteiger charge is -2.18. The maximum Gasteiger partial charge on any atom is 0.255 e. The van der Waals surface area contributed by atoms with Gasteiger partial charge in [-0.25, -0.2) is 8.42 Å². The van der Waals surface area contributed by atoms with Crippen LogP contribution >= 0.6 is 0 Å². The fourth-order valence-electron chi connectivity index (χ4n) is 2.90. The van der Waals surface area contributed by atoms with Gasteiger partial charge in [0.1, 0.15) is 0 Å². The Labute approximate surface area is 176 Å². The Bertz CT molecular complexity index is 1100. The zero-order valence-electron chi connectivity index (χ0n) is 17.1. The Morgan fingerprint density at radius 2 is 1.60 bits per heavy atom. The van der Waals surface area contributed by atoms with Gasteiger partial charge in [-0.05, 0) is 48.5 Å². The summed E-state index contributed by atoms with van der Waals surface area (Å²) in [4.78, 5) is 12.7. The topological polar surface area (TPSA) is 105 Å². The van der Waals surface area contributed by atoms with Gasteiger partial charge in [-0.15, -0.1) is 10.2 Å². The van der Waals surface area contributed by atoms with Crippen LogP contribution in [0.3, 0.4) is 0 Å². The molecule has 3 aromatic rings. The number of hydrogen-bond donors (Lipinski definition) is 1. The molecule has 0 aliphatic rings. The minimum Gasteiger partial charge on any atom is -0.421 e. The van der Waals surface area contributed by atoms with E-state index in [2.05, 4.69) is 15.5 Å². The first-order valence-electron chi connectivity index (χ1n) is 9.73. The smallest absolute Gasteiger partial charge is 0.255 e. The summed E-state index contributed by atoms with van der Waals surface area (Å²) in [5.41, 5.74) is 1.71. The van der Waals surface area contributed by atoms with Crippen LogP contribution in [0, 0.1) is 0 Å². The number of hydrogen-bond acceptors (Lipinski definition) is 6. The number of nitrogens with zero attached hydrogens (tertiary/aromatic N) is 3. The lowest BCUT2D eigenvalue weighted by atomic mass is 10.2. The van der Waals surface area contributed by atoms with Gasteiger partial charge in [-0.2, -0.15) is 4.31 Å². The van der Waals surface area contributed by atoms with E-state index in [4.69, 9.17) is 4.42 Å². The second-order valence-corrected chi connectivity index (χ2v) is 8.44. The Kier molecular flexibility index (Phi) is 6.63. The van der Waals surface area contributed by atoms with Gasteiger partial charge in [-0.3, -0.25) is 4.79 Å². The van der Waals surface area contributed by atoms with Crippen LogP contribution in [0.4, 0.5) is 5.69 Å². The lowest BCUT2D eigenvalue weighted by molar-refractivity contribution is 0.102. The molecule has 0 radical (unpaired) electrons. The van der Waals surface area contributed by atoms with Gasteiger partial charge in [-0.1, -0.05) is 20.8 Å². The average molecular weight is 429 g/mol. The number of sulfonamides is 1. The van der Waals surface area contributed by atoms with Gasteiger partial charge in [0, 0.05) is 36.3 Å². The Morgan fingerprint density at radius 1 is 0.967 bits per heavy atom. The molecule has 158 valence electrons. The van der Waals surface area contributed by atoms with Crippen molar-refractivity contribution in [1.82, 2.24) is 14.5 Å². The van der Waals surface area contributed by atoms with Crippen molar-refractivity contribution in [3.63, 3.8) is 0 Å². The molecule has 3 rings (SSSR count). The van der Waals surface area contributed by atoms with Gasteiger partial charge < -0.3 is 9.73 Å². The molecule has 1 aromatic heterocycles. The number of aryl methyl sites for hydroxylation is 1. The van der Waals surface area contributed by atoms with E-state index in [9.17, 15) is 13.2 Å². The van der Waals surface area contributed by atoms with E-state index >= 15 is 0 Å². The summed E-state index contributed by atoms with van der Waals surface area (Å²) in [6.45, 7) is 6.28. The lowest BCUT2D eigenvalue weighted by Crippen LogP contribution is -2.30. The molecule has 9 heteroatoms. The van der Waals surface area contributed by atoms with Crippen molar-refractivity contribution >= 4 is 21.6 Å². The molecule has 1 N–H and O–H groups in total. The number of carbonyl (C=O) groups is 1. The normalized spacial score (nSPS) is 11.6. The van der Waals surface area contributed by atoms with Crippen LogP contribution in [0.5, 0.6) is 0 Å². The summed E-state index contributed by atoms with van der Waals surface area (Å²) < 4.78 is 32.0. The van der Waals surface area contributed by atoms with E-state index in [1.54, 1.807) is 38.1 Å². The second kappa shape index (κ2) is 9.19. The first kappa shape index (κ1) is 21.7. The van der Waals surface area contributed by atoms with Crippen LogP contribution in [0.25, 0.3) is 11.5 Å². The molecule has 1 heterocycles. The number of rotatable bonds is 8. The maximum atomic E-state index is 12.5. The molecule has 0 aliphatic heterocycles. The molecular formula is C21H24N4O4S. The van der Waals surface area contributed by atoms with E-state index < -0.39 is 10.0 Å². The van der Waals surface area contributed by atoms with Crippen LogP contribution in [0.15, 0.2) is 57.8 Å². The maximum absolute atomic E-state index is 12.5. The summed E-state index contributed by atoms with van der Waals surface area (Å²) in [7, 11) is -3.55. The fraction of sp³-hybridized carbons (Fsp3) is 0.286. The van der Waals surface area contributed by atoms with Crippen LogP contribution in [0.2, 0.25) is 0 Å². The monoisotopic (exact) mass is 428 g/mol. The van der Waals surface area contributed by atoms with E-state index in [-0.39, 0.29) is 10.8 Å². The Hall–Kier alpha value is -3.04. The number of anilines is 1. The zero-order chi connectivity index (χ0) is 21.7. The highest BCUT2D eigenvalue weighted by molar-refractivity contribution is 7.89. The van der Waals surface area contributed by atoms with E-state index in [0.717, 1.165) is 5.56 Å². The summed E-state index contributed by atoms with van der Waals surface area (Å²) in [6.07, 6.45) is 0.663. The molecular weight excluding hydrogens is 404 g/mol. The third kappa shape index (κ3) is 4.58. The number of carbonyl (C=O) groups excluding carboxylic acids is 1. The second-order valence-electron chi connectivity index (χ2n) is 6.50. The van der Waals surface area contributed by atoms with Crippen LogP contribution < -0.4 is 5.32 Å². The minimum absolute atomic E-state index is 0.165. The van der Waals surface area contributed by atoms with Crippen LogP contribution in [-0.2, 0) is 16.4 Å². The summed E-state index contributed by atoms with van der Waals surface area (Å²) in [6, 6.07) is 12.9. The van der Waals surface area contributed by atoms with Crippen molar-refractivity contribution in [2.45, 2.75) is 32.1 Å². The molecule has 8 nitrogen and oxygen atoms in total. The SMILES string of the molecule is CCc1nnc(-c2ccc(NC(=O)c3ccc(S(=O)(=O)N(CC)CC)cc3)cc2)o1. The van der Waals surface area contributed by atoms with Crippen molar-refractivity contribution < 1.29 is 17.6 Å². The molecule has 2 aromatic carbocycles. The fourth-order valence-corrected chi connectivity index (χ4v) is 4.36. The van der Waals surface area contributed by atoms with Crippen LogP contribution in [0.1, 0.15) is 37.0 Å². The third-order valence-corrected chi connectivity index (χ3v) is 6.68. The van der Waals surface area contributed by atoms with Crippen molar-refractivity contribution in [3.8, 4) is 11.5 Å². The van der Waals surface area contributed by atoms with Crippen molar-refractivity contribution in [3.05, 3.63) is 60.0 Å². The minimum atomic E-state index is -3.55. The molecule has 0 spiro atoms. The number of aromatic nitrogens is 2. The predicted molar refractivity (Wildman–Crippen MR) is 114 cm³/mol. The molecule has 0 bridgehead atoms. The van der Waals surface area contributed by atoms with E-state index in [1.165, 1.54) is 28.6 Å². The Balaban J connectivity index is 1.70. The molecule has 0 atom stereocenters. The van der Waals surface area contributed by atoms with Gasteiger partial charge in [0.15, 0.2) is 0 Å². The molecule has 1 amide bonds. The molecule has 0 saturated heterocycles. The molecule has 0 saturated carbocycles. The van der Waals surface area contributed by atoms with Crippen molar-refractivity contribution in [2.24, 2.45) is 0 Å². The Morgan fingerprint density at radius 3 is 2.13 bits per heavy atom. The summed E-state index contributed by atoms with van der Waals surface area (Å²) in [5, 5.41) is 10.7. The van der Waals surface area contributed by atoms with Crippen molar-refractivity contribution in [2.75, 3.05) is 18.4 Å². The average Bonchev–Trinajstić information content (AvgIpc) is 3.24. The highest BCUT2D eigenvalue weighted by Crippen LogP contribution is 2.21. The quantitative estimate of drug-likeness (QED) is 0.588. The molecule has 0 aliphatic carbocycles. The van der Waals surface area contributed by atoms with Gasteiger partial charge >= 0.3 is 0 Å². The largest absolute Gasteiger partial charge is 0.421 e. The van der Waals surface area contributed by atoms with Gasteiger partial charge in [0.2, 0.25) is 21.8 Å². The van der Waals surface area contributed by atoms with Gasteiger partial charge in [0.25, 0.3) is 5.91 Å².